The maximum Gasteiger partial charge on any atom is 0.269 e. The second-order valence-corrected chi connectivity index (χ2v) is 12.1. The topological polar surface area (TPSA) is 76.2 Å². The van der Waals surface area contributed by atoms with Crippen molar-refractivity contribution in [3.05, 3.63) is 142 Å². The average molecular weight is 606 g/mol. The van der Waals surface area contributed by atoms with Crippen molar-refractivity contribution in [1.82, 2.24) is 14.9 Å². The number of aromatic nitrogens is 2. The summed E-state index contributed by atoms with van der Waals surface area (Å²) in [4.78, 5) is 19.5. The Morgan fingerprint density at radius 1 is 0.930 bits per heavy atom. The molecule has 1 fully saturated rings. The van der Waals surface area contributed by atoms with Gasteiger partial charge in [-0.25, -0.2) is 0 Å². The molecule has 2 atom stereocenters. The molecule has 0 amide bonds. The summed E-state index contributed by atoms with van der Waals surface area (Å²) in [7, 11) is 0. The van der Waals surface area contributed by atoms with Gasteiger partial charge in [0.05, 0.1) is 22.7 Å². The molecule has 7 nitrogen and oxygen atoms in total. The number of hydrogen-bond acceptors (Lipinski definition) is 5. The second kappa shape index (κ2) is 12.0. The molecule has 9 heteroatoms. The van der Waals surface area contributed by atoms with Gasteiger partial charge in [-0.15, -0.1) is 0 Å². The first-order valence-corrected chi connectivity index (χ1v) is 15.4. The Balaban J connectivity index is 1.36. The van der Waals surface area contributed by atoms with E-state index in [-0.39, 0.29) is 22.7 Å². The number of aryl methyl sites for hydroxylation is 2. The number of rotatable bonds is 8. The maximum atomic E-state index is 11.0. The summed E-state index contributed by atoms with van der Waals surface area (Å²) < 4.78 is 2.31. The highest BCUT2D eigenvalue weighted by molar-refractivity contribution is 7.99. The summed E-state index contributed by atoms with van der Waals surface area (Å²) in [6.45, 7) is 6.49. The SMILES string of the molecule is CCc1ccc(-n2c(C)cc([C@@H]3[C@H](c4ccccn4)NC(=S)N3c3ccc(Sc4ccc([N+](=O)[O-])cc4)cc3)c2C)cc1. The molecule has 3 aromatic carbocycles. The molecule has 1 aliphatic heterocycles. The number of benzene rings is 3. The van der Waals surface area contributed by atoms with Crippen LogP contribution < -0.4 is 10.2 Å². The number of anilines is 1. The summed E-state index contributed by atoms with van der Waals surface area (Å²) in [5, 5.41) is 15.2. The summed E-state index contributed by atoms with van der Waals surface area (Å²) in [6.07, 6.45) is 2.83. The van der Waals surface area contributed by atoms with Gasteiger partial charge in [-0.2, -0.15) is 0 Å². The summed E-state index contributed by atoms with van der Waals surface area (Å²) in [5.74, 6) is 0. The van der Waals surface area contributed by atoms with Crippen LogP contribution in [0, 0.1) is 24.0 Å². The molecule has 6 rings (SSSR count). The number of pyridine rings is 1. The molecular formula is C34H31N5O2S2. The normalized spacial score (nSPS) is 16.3. The van der Waals surface area contributed by atoms with Gasteiger partial charge in [0.25, 0.3) is 5.69 Å². The van der Waals surface area contributed by atoms with Crippen LogP contribution >= 0.6 is 24.0 Å². The van der Waals surface area contributed by atoms with Gasteiger partial charge >= 0.3 is 0 Å². The number of nitro groups is 1. The third-order valence-electron chi connectivity index (χ3n) is 7.89. The van der Waals surface area contributed by atoms with Crippen LogP contribution in [-0.2, 0) is 6.42 Å². The molecule has 3 heterocycles. The predicted molar refractivity (Wildman–Crippen MR) is 176 cm³/mol. The first-order chi connectivity index (χ1) is 20.8. The highest BCUT2D eigenvalue weighted by atomic mass is 32.2. The van der Waals surface area contributed by atoms with E-state index in [2.05, 4.69) is 90.2 Å². The molecule has 0 spiro atoms. The highest BCUT2D eigenvalue weighted by Gasteiger charge is 2.42. The fourth-order valence-electron chi connectivity index (χ4n) is 5.76. The van der Waals surface area contributed by atoms with Crippen molar-refractivity contribution < 1.29 is 4.92 Å². The largest absolute Gasteiger partial charge is 0.351 e. The zero-order valence-corrected chi connectivity index (χ0v) is 25.7. The van der Waals surface area contributed by atoms with Crippen LogP contribution in [0.5, 0.6) is 0 Å². The van der Waals surface area contributed by atoms with Crippen molar-refractivity contribution in [3.63, 3.8) is 0 Å². The molecule has 216 valence electrons. The van der Waals surface area contributed by atoms with Gasteiger partial charge in [0, 0.05) is 50.9 Å². The Morgan fingerprint density at radius 2 is 1.58 bits per heavy atom. The smallest absolute Gasteiger partial charge is 0.269 e. The van der Waals surface area contributed by atoms with Crippen LogP contribution in [0.15, 0.2) is 113 Å². The van der Waals surface area contributed by atoms with E-state index in [0.29, 0.717) is 5.11 Å². The van der Waals surface area contributed by atoms with E-state index >= 15 is 0 Å². The zero-order chi connectivity index (χ0) is 30.1. The Labute approximate surface area is 260 Å². The van der Waals surface area contributed by atoms with Crippen molar-refractivity contribution in [2.75, 3.05) is 4.90 Å². The van der Waals surface area contributed by atoms with Gasteiger partial charge in [0.2, 0.25) is 0 Å². The van der Waals surface area contributed by atoms with Crippen LogP contribution in [0.25, 0.3) is 5.69 Å². The van der Waals surface area contributed by atoms with Crippen molar-refractivity contribution in [2.45, 2.75) is 49.1 Å². The molecule has 0 unspecified atom stereocenters. The fraction of sp³-hybridized carbons (Fsp3) is 0.176. The summed E-state index contributed by atoms with van der Waals surface area (Å²) in [5.41, 5.74) is 7.95. The molecule has 1 N–H and O–H groups in total. The maximum absolute atomic E-state index is 11.0. The lowest BCUT2D eigenvalue weighted by atomic mass is 9.96. The molecule has 0 aliphatic carbocycles. The number of nitro benzene ring substituents is 1. The van der Waals surface area contributed by atoms with Crippen LogP contribution in [0.3, 0.4) is 0 Å². The van der Waals surface area contributed by atoms with E-state index in [1.807, 2.05) is 24.4 Å². The van der Waals surface area contributed by atoms with Gasteiger partial charge in [-0.1, -0.05) is 36.9 Å². The quantitative estimate of drug-likeness (QED) is 0.108. The Kier molecular flexibility index (Phi) is 8.01. The fourth-order valence-corrected chi connectivity index (χ4v) is 6.92. The molecule has 2 aromatic heterocycles. The average Bonchev–Trinajstić information content (AvgIpc) is 3.52. The van der Waals surface area contributed by atoms with Crippen molar-refractivity contribution in [1.29, 1.82) is 0 Å². The zero-order valence-electron chi connectivity index (χ0n) is 24.1. The second-order valence-electron chi connectivity index (χ2n) is 10.5. The minimum absolute atomic E-state index is 0.0839. The van der Waals surface area contributed by atoms with Crippen LogP contribution in [-0.4, -0.2) is 19.6 Å². The van der Waals surface area contributed by atoms with Gasteiger partial charge in [-0.05, 0) is 110 Å². The van der Waals surface area contributed by atoms with E-state index in [1.54, 1.807) is 23.9 Å². The third kappa shape index (κ3) is 5.66. The molecule has 5 aromatic rings. The standard InChI is InChI=1S/C34H31N5O2S2/c1-4-24-8-10-25(11-9-24)37-22(2)21-30(23(37)3)33-32(31-7-5-6-20-35-31)36-34(42)38(33)26-12-16-28(17-13-26)43-29-18-14-27(15-19-29)39(40)41/h5-21,32-33H,4H2,1-3H3,(H,36,42)/t32-,33+/m0/s1. The Bertz CT molecular complexity index is 1770. The van der Waals surface area contributed by atoms with Crippen molar-refractivity contribution in [2.24, 2.45) is 0 Å². The predicted octanol–water partition coefficient (Wildman–Crippen LogP) is 8.29. The molecule has 0 saturated carbocycles. The van der Waals surface area contributed by atoms with E-state index < -0.39 is 0 Å². The minimum Gasteiger partial charge on any atom is -0.351 e. The number of thiocarbonyl (C=S) groups is 1. The van der Waals surface area contributed by atoms with Crippen LogP contribution in [0.1, 0.15) is 47.2 Å². The molecule has 1 saturated heterocycles. The Morgan fingerprint density at radius 3 is 2.19 bits per heavy atom. The van der Waals surface area contributed by atoms with Crippen LogP contribution in [0.4, 0.5) is 11.4 Å². The number of hydrogen-bond donors (Lipinski definition) is 1. The summed E-state index contributed by atoms with van der Waals surface area (Å²) >= 11 is 7.53. The van der Waals surface area contributed by atoms with Crippen molar-refractivity contribution >= 4 is 40.5 Å². The molecule has 43 heavy (non-hydrogen) atoms. The minimum atomic E-state index is -0.385. The van der Waals surface area contributed by atoms with E-state index in [4.69, 9.17) is 17.2 Å². The lowest BCUT2D eigenvalue weighted by Gasteiger charge is -2.28. The lowest BCUT2D eigenvalue weighted by molar-refractivity contribution is -0.384. The highest BCUT2D eigenvalue weighted by Crippen LogP contribution is 2.44. The first kappa shape index (κ1) is 28.6. The lowest BCUT2D eigenvalue weighted by Crippen LogP contribution is -2.29. The molecule has 0 radical (unpaired) electrons. The Hall–Kier alpha value is -4.47. The van der Waals surface area contributed by atoms with E-state index in [1.165, 1.54) is 23.3 Å². The number of nitrogens with zero attached hydrogens (tertiary/aromatic N) is 4. The van der Waals surface area contributed by atoms with Gasteiger partial charge in [-0.3, -0.25) is 15.1 Å². The van der Waals surface area contributed by atoms with Crippen molar-refractivity contribution in [3.8, 4) is 5.69 Å². The van der Waals surface area contributed by atoms with Gasteiger partial charge in [0.1, 0.15) is 0 Å². The number of non-ortho nitro benzene ring substituents is 1. The number of nitrogens with one attached hydrogen (secondary N) is 1. The van der Waals surface area contributed by atoms with Gasteiger partial charge in [0.15, 0.2) is 5.11 Å². The summed E-state index contributed by atoms with van der Waals surface area (Å²) in [6, 6.07) is 31.7. The van der Waals surface area contributed by atoms with E-state index in [9.17, 15) is 10.1 Å². The molecular weight excluding hydrogens is 575 g/mol. The first-order valence-electron chi connectivity index (χ1n) is 14.1. The monoisotopic (exact) mass is 605 g/mol. The van der Waals surface area contributed by atoms with Crippen LogP contribution in [0.2, 0.25) is 0 Å². The molecule has 0 bridgehead atoms. The third-order valence-corrected chi connectivity index (χ3v) is 9.22. The molecule has 1 aliphatic rings. The van der Waals surface area contributed by atoms with E-state index in [0.717, 1.165) is 44.7 Å². The van der Waals surface area contributed by atoms with Gasteiger partial charge < -0.3 is 14.8 Å².